The second kappa shape index (κ2) is 4.60. The van der Waals surface area contributed by atoms with Gasteiger partial charge in [-0.1, -0.05) is 0 Å². The lowest BCUT2D eigenvalue weighted by Gasteiger charge is -2.20. The molecule has 17 heavy (non-hydrogen) atoms. The van der Waals surface area contributed by atoms with E-state index < -0.39 is 9.84 Å². The number of ketones is 1. The van der Waals surface area contributed by atoms with E-state index in [1.54, 1.807) is 6.07 Å². The molecule has 1 aromatic rings. The summed E-state index contributed by atoms with van der Waals surface area (Å²) in [5.41, 5.74) is 1.36. The molecule has 5 nitrogen and oxygen atoms in total. The Morgan fingerprint density at radius 1 is 1.47 bits per heavy atom. The van der Waals surface area contributed by atoms with E-state index in [0.717, 1.165) is 12.1 Å². The molecule has 0 aromatic carbocycles. The van der Waals surface area contributed by atoms with Crippen molar-refractivity contribution in [3.05, 3.63) is 17.5 Å². The third-order valence-corrected chi connectivity index (χ3v) is 4.89. The van der Waals surface area contributed by atoms with Crippen LogP contribution in [0.25, 0.3) is 0 Å². The molecule has 0 atom stereocenters. The SMILES string of the molecule is CC(=O)c1cc(CC2CCS(=O)(=O)CC2)[nH]n1. The lowest BCUT2D eigenvalue weighted by atomic mass is 9.97. The number of carbonyl (C=O) groups is 1. The number of nitrogens with one attached hydrogen (secondary N) is 1. The Morgan fingerprint density at radius 3 is 2.65 bits per heavy atom. The van der Waals surface area contributed by atoms with Crippen molar-refractivity contribution >= 4 is 15.6 Å². The molecule has 6 heteroatoms. The molecule has 0 aliphatic carbocycles. The van der Waals surface area contributed by atoms with Gasteiger partial charge in [0.15, 0.2) is 5.78 Å². The summed E-state index contributed by atoms with van der Waals surface area (Å²) in [6, 6.07) is 1.76. The minimum Gasteiger partial charge on any atom is -0.293 e. The Kier molecular flexibility index (Phi) is 3.33. The van der Waals surface area contributed by atoms with Crippen molar-refractivity contribution in [2.45, 2.75) is 26.2 Å². The van der Waals surface area contributed by atoms with E-state index >= 15 is 0 Å². The van der Waals surface area contributed by atoms with Crippen molar-refractivity contribution in [3.63, 3.8) is 0 Å². The molecular formula is C11H16N2O3S. The zero-order valence-corrected chi connectivity index (χ0v) is 10.6. The summed E-state index contributed by atoms with van der Waals surface area (Å²) in [6.45, 7) is 1.48. The van der Waals surface area contributed by atoms with Gasteiger partial charge in [0.05, 0.1) is 11.5 Å². The molecule has 1 saturated heterocycles. The number of hydrogen-bond donors (Lipinski definition) is 1. The second-order valence-corrected chi connectivity index (χ2v) is 6.94. The van der Waals surface area contributed by atoms with Crippen molar-refractivity contribution in [2.24, 2.45) is 5.92 Å². The van der Waals surface area contributed by atoms with Crippen molar-refractivity contribution < 1.29 is 13.2 Å². The summed E-state index contributed by atoms with van der Waals surface area (Å²) in [5.74, 6) is 0.883. The number of rotatable bonds is 3. The van der Waals surface area contributed by atoms with Gasteiger partial charge in [-0.2, -0.15) is 5.10 Å². The van der Waals surface area contributed by atoms with Gasteiger partial charge in [-0.15, -0.1) is 0 Å². The lowest BCUT2D eigenvalue weighted by Crippen LogP contribution is -2.24. The van der Waals surface area contributed by atoms with Crippen LogP contribution in [0.4, 0.5) is 0 Å². The zero-order valence-electron chi connectivity index (χ0n) is 9.77. The fraction of sp³-hybridized carbons (Fsp3) is 0.636. The number of aromatic nitrogens is 2. The molecule has 2 heterocycles. The molecule has 1 aliphatic heterocycles. The van der Waals surface area contributed by atoms with Gasteiger partial charge in [0.1, 0.15) is 15.5 Å². The van der Waals surface area contributed by atoms with Crippen LogP contribution >= 0.6 is 0 Å². The van der Waals surface area contributed by atoms with Gasteiger partial charge in [0.25, 0.3) is 0 Å². The first-order valence-electron chi connectivity index (χ1n) is 5.72. The standard InChI is InChI=1S/C11H16N2O3S/c1-8(14)11-7-10(12-13-11)6-9-2-4-17(15,16)5-3-9/h7,9H,2-6H2,1H3,(H,12,13). The summed E-state index contributed by atoms with van der Waals surface area (Å²) in [5, 5.41) is 6.75. The predicted molar refractivity (Wildman–Crippen MR) is 63.7 cm³/mol. The average molecular weight is 256 g/mol. The molecule has 1 fully saturated rings. The molecule has 0 unspecified atom stereocenters. The van der Waals surface area contributed by atoms with Crippen molar-refractivity contribution in [1.82, 2.24) is 10.2 Å². The first-order valence-corrected chi connectivity index (χ1v) is 7.54. The van der Waals surface area contributed by atoms with Crippen LogP contribution in [0.3, 0.4) is 0 Å². The van der Waals surface area contributed by atoms with Crippen LogP contribution in [0.2, 0.25) is 0 Å². The average Bonchev–Trinajstić information content (AvgIpc) is 2.70. The van der Waals surface area contributed by atoms with E-state index in [1.807, 2.05) is 0 Å². The van der Waals surface area contributed by atoms with Gasteiger partial charge in [-0.05, 0) is 31.2 Å². The summed E-state index contributed by atoms with van der Waals surface area (Å²) < 4.78 is 22.6. The summed E-state index contributed by atoms with van der Waals surface area (Å²) in [4.78, 5) is 11.1. The van der Waals surface area contributed by atoms with Crippen molar-refractivity contribution in [2.75, 3.05) is 11.5 Å². The molecule has 0 saturated carbocycles. The summed E-state index contributed by atoms with van der Waals surface area (Å²) in [6.07, 6.45) is 2.18. The minimum absolute atomic E-state index is 0.0567. The molecule has 0 spiro atoms. The number of nitrogens with zero attached hydrogens (tertiary/aromatic N) is 1. The Balaban J connectivity index is 1.95. The minimum atomic E-state index is -2.80. The molecule has 1 aliphatic rings. The molecule has 1 aromatic heterocycles. The highest BCUT2D eigenvalue weighted by atomic mass is 32.2. The monoisotopic (exact) mass is 256 g/mol. The number of H-pyrrole nitrogens is 1. The molecule has 0 bridgehead atoms. The molecule has 94 valence electrons. The van der Waals surface area contributed by atoms with Crippen molar-refractivity contribution in [1.29, 1.82) is 0 Å². The van der Waals surface area contributed by atoms with E-state index in [1.165, 1.54) is 6.92 Å². The smallest absolute Gasteiger partial charge is 0.179 e. The Hall–Kier alpha value is -1.17. The highest BCUT2D eigenvalue weighted by Crippen LogP contribution is 2.22. The number of hydrogen-bond acceptors (Lipinski definition) is 4. The number of sulfone groups is 1. The van der Waals surface area contributed by atoms with Gasteiger partial charge in [0, 0.05) is 12.6 Å². The van der Waals surface area contributed by atoms with Gasteiger partial charge in [-0.3, -0.25) is 9.89 Å². The number of aromatic amines is 1. The number of Topliss-reactive ketones (excluding diaryl/α,β-unsaturated/α-hetero) is 1. The normalized spacial score (nSPS) is 20.3. The van der Waals surface area contributed by atoms with Crippen LogP contribution in [0.5, 0.6) is 0 Å². The molecule has 2 rings (SSSR count). The van der Waals surface area contributed by atoms with E-state index in [2.05, 4.69) is 10.2 Å². The van der Waals surface area contributed by atoms with Gasteiger partial charge in [-0.25, -0.2) is 8.42 Å². The third kappa shape index (κ3) is 3.15. The predicted octanol–water partition coefficient (Wildman–Crippen LogP) is 0.980. The maximum absolute atomic E-state index is 11.3. The third-order valence-electron chi connectivity index (χ3n) is 3.17. The van der Waals surface area contributed by atoms with Gasteiger partial charge < -0.3 is 0 Å². The fourth-order valence-electron chi connectivity index (χ4n) is 2.10. The van der Waals surface area contributed by atoms with Crippen LogP contribution in [-0.2, 0) is 16.3 Å². The van der Waals surface area contributed by atoms with E-state index in [-0.39, 0.29) is 17.3 Å². The largest absolute Gasteiger partial charge is 0.293 e. The van der Waals surface area contributed by atoms with Crippen molar-refractivity contribution in [3.8, 4) is 0 Å². The van der Waals surface area contributed by atoms with E-state index in [9.17, 15) is 13.2 Å². The first kappa shape index (κ1) is 12.3. The maximum atomic E-state index is 11.3. The Bertz CT molecular complexity index is 505. The van der Waals surface area contributed by atoms with E-state index in [0.29, 0.717) is 24.5 Å². The number of carbonyl (C=O) groups excluding carboxylic acids is 1. The summed E-state index contributed by atoms with van der Waals surface area (Å²) >= 11 is 0. The fourth-order valence-corrected chi connectivity index (χ4v) is 3.69. The second-order valence-electron chi connectivity index (χ2n) is 4.63. The maximum Gasteiger partial charge on any atom is 0.179 e. The van der Waals surface area contributed by atoms with Crippen LogP contribution in [0.1, 0.15) is 35.9 Å². The summed E-state index contributed by atoms with van der Waals surface area (Å²) in [7, 11) is -2.80. The Labute approximate surface area is 101 Å². The Morgan fingerprint density at radius 2 is 2.12 bits per heavy atom. The van der Waals surface area contributed by atoms with Crippen LogP contribution < -0.4 is 0 Å². The van der Waals surface area contributed by atoms with Crippen LogP contribution in [0, 0.1) is 5.92 Å². The highest BCUT2D eigenvalue weighted by molar-refractivity contribution is 7.91. The zero-order chi connectivity index (χ0) is 12.5. The molecule has 1 N–H and O–H groups in total. The molecule has 0 radical (unpaired) electrons. The van der Waals surface area contributed by atoms with Gasteiger partial charge in [0.2, 0.25) is 0 Å². The molecular weight excluding hydrogens is 240 g/mol. The van der Waals surface area contributed by atoms with Crippen LogP contribution in [0.15, 0.2) is 6.07 Å². The van der Waals surface area contributed by atoms with Gasteiger partial charge >= 0.3 is 0 Å². The van der Waals surface area contributed by atoms with E-state index in [4.69, 9.17) is 0 Å². The first-order chi connectivity index (χ1) is 7.96. The van der Waals surface area contributed by atoms with Crippen LogP contribution in [-0.4, -0.2) is 35.9 Å². The highest BCUT2D eigenvalue weighted by Gasteiger charge is 2.24. The lowest BCUT2D eigenvalue weighted by molar-refractivity contribution is 0.101. The molecule has 0 amide bonds. The topological polar surface area (TPSA) is 79.9 Å². The quantitative estimate of drug-likeness (QED) is 0.817.